The van der Waals surface area contributed by atoms with Crippen molar-refractivity contribution in [3.05, 3.63) is 87.3 Å². The molecule has 1 saturated heterocycles. The number of hydrogen-bond acceptors (Lipinski definition) is 12. The molecule has 0 aromatic heterocycles. The second-order valence-electron chi connectivity index (χ2n) is 9.06. The third kappa shape index (κ3) is 6.89. The number of benzene rings is 2. The molecule has 1 amide bonds. The van der Waals surface area contributed by atoms with Crippen LogP contribution in [0, 0.1) is 16.0 Å². The van der Waals surface area contributed by atoms with Gasteiger partial charge in [0.25, 0.3) is 5.69 Å². The first-order valence-corrected chi connectivity index (χ1v) is 15.2. The summed E-state index contributed by atoms with van der Waals surface area (Å²) < 4.78 is 57.2. The second-order valence-corrected chi connectivity index (χ2v) is 12.2. The lowest BCUT2D eigenvalue weighted by Crippen LogP contribution is -2.68. The maximum Gasteiger partial charge on any atom is 0.508 e. The molecule has 2 aromatic rings. The molecule has 2 aromatic carbocycles. The Balaban J connectivity index is 1.45. The number of β-lactam (4-membered cyclic amide) rings is 1. The van der Waals surface area contributed by atoms with E-state index in [1.54, 1.807) is 30.3 Å². The molecule has 0 saturated carbocycles. The Morgan fingerprint density at radius 3 is 2.29 bits per heavy atom. The van der Waals surface area contributed by atoms with E-state index in [1.807, 2.05) is 0 Å². The van der Waals surface area contributed by atoms with Crippen molar-refractivity contribution in [3.8, 4) is 0 Å². The molecule has 2 heterocycles. The molecule has 2 aliphatic heterocycles. The molecule has 0 N–H and O–H groups in total. The van der Waals surface area contributed by atoms with Crippen molar-refractivity contribution in [3.63, 3.8) is 0 Å². The van der Waals surface area contributed by atoms with Crippen LogP contribution in [0.2, 0.25) is 0 Å². The Bertz CT molecular complexity index is 1520. The highest BCUT2D eigenvalue weighted by atomic mass is 32.2. The fraction of sp³-hybridized carbons (Fsp3) is 0.320. The quantitative estimate of drug-likeness (QED) is 0.126. The Kier molecular flexibility index (Phi) is 8.72. The summed E-state index contributed by atoms with van der Waals surface area (Å²) in [5.74, 6) is -3.97. The predicted octanol–water partition coefficient (Wildman–Crippen LogP) is 2.11. The molecule has 16 heteroatoms. The first-order chi connectivity index (χ1) is 19.4. The lowest BCUT2D eigenvalue weighted by atomic mass is 9.91. The molecule has 14 nitrogen and oxygen atoms in total. The van der Waals surface area contributed by atoms with Crippen LogP contribution < -0.4 is 0 Å². The molecule has 2 aliphatic rings. The number of esters is 1. The maximum atomic E-state index is 13.2. The normalized spacial score (nSPS) is 20.8. The lowest BCUT2D eigenvalue weighted by molar-refractivity contribution is -0.384. The summed E-state index contributed by atoms with van der Waals surface area (Å²) in [6.45, 7) is 0.925. The van der Waals surface area contributed by atoms with Crippen LogP contribution in [0.3, 0.4) is 0 Å². The van der Waals surface area contributed by atoms with Crippen LogP contribution in [0.1, 0.15) is 18.1 Å². The molecule has 4 atom stereocenters. The van der Waals surface area contributed by atoms with E-state index in [9.17, 15) is 37.1 Å². The number of carbonyl (C=O) groups excluding carboxylic acids is 3. The summed E-state index contributed by atoms with van der Waals surface area (Å²) in [7, 11) is -6.09. The van der Waals surface area contributed by atoms with Crippen LogP contribution in [0.25, 0.3) is 0 Å². The number of nitro groups is 1. The number of rotatable bonds is 10. The largest absolute Gasteiger partial charge is 0.508 e. The van der Waals surface area contributed by atoms with E-state index in [-0.39, 0.29) is 18.9 Å². The monoisotopic (exact) mass is 608 g/mol. The van der Waals surface area contributed by atoms with E-state index in [2.05, 4.69) is 0 Å². The molecule has 2 unspecified atom stereocenters. The third-order valence-corrected chi connectivity index (χ3v) is 8.18. The summed E-state index contributed by atoms with van der Waals surface area (Å²) >= 11 is 0. The summed E-state index contributed by atoms with van der Waals surface area (Å²) in [5.41, 5.74) is 0.442. The zero-order chi connectivity index (χ0) is 29.9. The summed E-state index contributed by atoms with van der Waals surface area (Å²) in [4.78, 5) is 49.5. The van der Waals surface area contributed by atoms with Crippen molar-refractivity contribution in [2.45, 2.75) is 31.6 Å². The minimum absolute atomic E-state index is 0.138. The van der Waals surface area contributed by atoms with E-state index in [1.165, 1.54) is 31.2 Å². The van der Waals surface area contributed by atoms with E-state index >= 15 is 0 Å². The van der Waals surface area contributed by atoms with Gasteiger partial charge in [-0.15, -0.1) is 0 Å². The van der Waals surface area contributed by atoms with Gasteiger partial charge in [0.2, 0.25) is 5.91 Å². The van der Waals surface area contributed by atoms with Gasteiger partial charge >= 0.3 is 22.2 Å². The van der Waals surface area contributed by atoms with E-state index < -0.39 is 78.5 Å². The van der Waals surface area contributed by atoms with Gasteiger partial charge in [-0.2, -0.15) is 8.42 Å². The Morgan fingerprint density at radius 2 is 1.68 bits per heavy atom. The summed E-state index contributed by atoms with van der Waals surface area (Å²) in [6, 6.07) is 13.9. The molecular formula is C25H24N2O12S2. The molecule has 0 radical (unpaired) electrons. The van der Waals surface area contributed by atoms with Gasteiger partial charge in [0, 0.05) is 12.1 Å². The van der Waals surface area contributed by atoms with Gasteiger partial charge < -0.3 is 18.4 Å². The SMILES string of the molecule is CC(OC(=O)OCc1ccc([N+](=O)[O-])cc1)[C@H]1C(=O)N2C(C(=O)OCc3ccccc3)=C(OS(C)(=O)=O)CS(=O)[C@H]12. The zero-order valence-electron chi connectivity index (χ0n) is 21.7. The van der Waals surface area contributed by atoms with Crippen molar-refractivity contribution >= 4 is 44.6 Å². The molecule has 0 spiro atoms. The first kappa shape index (κ1) is 29.7. The molecule has 4 rings (SSSR count). The number of fused-ring (bicyclic) bond motifs is 1. The number of hydrogen-bond donors (Lipinski definition) is 0. The highest BCUT2D eigenvalue weighted by Gasteiger charge is 2.60. The van der Waals surface area contributed by atoms with Gasteiger partial charge in [-0.25, -0.2) is 9.59 Å². The van der Waals surface area contributed by atoms with Crippen LogP contribution in [0.15, 0.2) is 66.1 Å². The number of ether oxygens (including phenoxy) is 3. The Labute approximate surface area is 236 Å². The number of amides is 1. The number of nitro benzene ring substituents is 1. The molecule has 41 heavy (non-hydrogen) atoms. The van der Waals surface area contributed by atoms with Crippen LogP contribution in [0.4, 0.5) is 10.5 Å². The number of nitrogens with zero attached hydrogens (tertiary/aromatic N) is 2. The van der Waals surface area contributed by atoms with Gasteiger partial charge in [0.05, 0.1) is 27.7 Å². The Hall–Kier alpha value is -4.31. The first-order valence-electron chi connectivity index (χ1n) is 12.0. The van der Waals surface area contributed by atoms with Crippen molar-refractivity contribution in [1.29, 1.82) is 0 Å². The maximum absolute atomic E-state index is 13.2. The highest BCUT2D eigenvalue weighted by Crippen LogP contribution is 2.42. The third-order valence-electron chi connectivity index (χ3n) is 6.08. The lowest BCUT2D eigenvalue weighted by Gasteiger charge is -2.50. The number of non-ortho nitro benzene ring substituents is 1. The van der Waals surface area contributed by atoms with Gasteiger partial charge in [-0.05, 0) is 30.2 Å². The average molecular weight is 609 g/mol. The smallest absolute Gasteiger partial charge is 0.456 e. The number of carbonyl (C=O) groups is 3. The van der Waals surface area contributed by atoms with Crippen molar-refractivity contribution in [2.75, 3.05) is 12.0 Å². The zero-order valence-corrected chi connectivity index (χ0v) is 23.3. The minimum atomic E-state index is -4.15. The molecule has 218 valence electrons. The fourth-order valence-electron chi connectivity index (χ4n) is 4.22. The van der Waals surface area contributed by atoms with Crippen LogP contribution in [0.5, 0.6) is 0 Å². The highest BCUT2D eigenvalue weighted by molar-refractivity contribution is 7.87. The van der Waals surface area contributed by atoms with E-state index in [4.69, 9.17) is 18.4 Å². The van der Waals surface area contributed by atoms with Gasteiger partial charge in [-0.1, -0.05) is 30.3 Å². The van der Waals surface area contributed by atoms with Gasteiger partial charge in [0.1, 0.15) is 30.6 Å². The van der Waals surface area contributed by atoms with Crippen molar-refractivity contribution in [1.82, 2.24) is 4.90 Å². The van der Waals surface area contributed by atoms with Crippen LogP contribution in [-0.4, -0.2) is 64.0 Å². The minimum Gasteiger partial charge on any atom is -0.456 e. The summed E-state index contributed by atoms with van der Waals surface area (Å²) in [5, 5.41) is 9.63. The predicted molar refractivity (Wildman–Crippen MR) is 140 cm³/mol. The van der Waals surface area contributed by atoms with E-state index in [0.717, 1.165) is 11.2 Å². The topological polar surface area (TPSA) is 186 Å². The molecule has 1 fully saturated rings. The van der Waals surface area contributed by atoms with Crippen LogP contribution >= 0.6 is 0 Å². The molecule has 0 aliphatic carbocycles. The average Bonchev–Trinajstić information content (AvgIpc) is 2.91. The second kappa shape index (κ2) is 12.1. The fourth-order valence-corrected chi connectivity index (χ4v) is 6.53. The standard InChI is InChI=1S/C25H24N2O12S2/c1-15(38-25(30)37-13-17-8-10-18(11-9-17)27(31)32)20-22(28)26-21(24(29)36-12-16-6-4-3-5-7-16)19(39-41(2,34)35)14-40(33)23(20)26/h3-11,15,20,23H,12-14H2,1-2H3/t15?,20-,23+,40?/m0/s1. The van der Waals surface area contributed by atoms with Gasteiger partial charge in [-0.3, -0.25) is 24.0 Å². The van der Waals surface area contributed by atoms with Crippen LogP contribution in [-0.2, 0) is 62.1 Å². The summed E-state index contributed by atoms with van der Waals surface area (Å²) in [6.07, 6.45) is -1.56. The van der Waals surface area contributed by atoms with Crippen molar-refractivity contribution < 1.29 is 50.3 Å². The Morgan fingerprint density at radius 1 is 1.07 bits per heavy atom. The van der Waals surface area contributed by atoms with E-state index in [0.29, 0.717) is 11.1 Å². The molecule has 0 bridgehead atoms. The van der Waals surface area contributed by atoms with Gasteiger partial charge in [0.15, 0.2) is 11.5 Å². The molecular weight excluding hydrogens is 584 g/mol. The van der Waals surface area contributed by atoms with Crippen molar-refractivity contribution in [2.24, 2.45) is 5.92 Å².